The Morgan fingerprint density at radius 2 is 1.72 bits per heavy atom. The van der Waals surface area contributed by atoms with E-state index in [-0.39, 0.29) is 29.0 Å². The molecule has 2 rings (SSSR count). The molecule has 29 heavy (non-hydrogen) atoms. The lowest BCUT2D eigenvalue weighted by molar-refractivity contribution is -0.126. The van der Waals surface area contributed by atoms with Gasteiger partial charge in [-0.2, -0.15) is 4.31 Å². The maximum Gasteiger partial charge on any atom is 0.243 e. The quantitative estimate of drug-likeness (QED) is 0.555. The van der Waals surface area contributed by atoms with Gasteiger partial charge in [0.1, 0.15) is 0 Å². The molecule has 1 aliphatic rings. The second-order valence-electron chi connectivity index (χ2n) is 7.45. The number of sulfonamides is 1. The second-order valence-corrected chi connectivity index (χ2v) is 9.39. The molecule has 8 heteroatoms. The number of anilines is 1. The zero-order chi connectivity index (χ0) is 21.4. The van der Waals surface area contributed by atoms with Crippen LogP contribution in [0.2, 0.25) is 0 Å². The minimum absolute atomic E-state index is 0.0942. The van der Waals surface area contributed by atoms with Gasteiger partial charge in [-0.15, -0.1) is 0 Å². The topological polar surface area (TPSA) is 86.8 Å². The molecule has 7 nitrogen and oxygen atoms in total. The zero-order valence-electron chi connectivity index (χ0n) is 17.7. The monoisotopic (exact) mass is 423 g/mol. The average Bonchev–Trinajstić information content (AvgIpc) is 3.10. The van der Waals surface area contributed by atoms with Crippen molar-refractivity contribution in [2.45, 2.75) is 57.8 Å². The van der Waals surface area contributed by atoms with Gasteiger partial charge >= 0.3 is 0 Å². The highest BCUT2D eigenvalue weighted by Crippen LogP contribution is 2.27. The fourth-order valence-corrected chi connectivity index (χ4v) is 5.09. The standard InChI is InChI=1S/C21H33N3O4S/c1-4-7-12-22-21(26)17-15-20(25)24(16-17)18-8-10-19(11-9-18)29(27,28)23(13-5-2)14-6-3/h8-11,17H,4-7,12-16H2,1-3H3,(H,22,26)/t17-/m0/s1. The van der Waals surface area contributed by atoms with Crippen LogP contribution in [0.3, 0.4) is 0 Å². The van der Waals surface area contributed by atoms with E-state index in [9.17, 15) is 18.0 Å². The SMILES string of the molecule is CCCCNC(=O)[C@H]1CC(=O)N(c2ccc(S(=O)(=O)N(CCC)CCC)cc2)C1. The van der Waals surface area contributed by atoms with Crippen molar-refractivity contribution in [3.05, 3.63) is 24.3 Å². The summed E-state index contributed by atoms with van der Waals surface area (Å²) in [5, 5.41) is 2.88. The van der Waals surface area contributed by atoms with E-state index in [0.29, 0.717) is 31.9 Å². The smallest absolute Gasteiger partial charge is 0.243 e. The number of benzene rings is 1. The summed E-state index contributed by atoms with van der Waals surface area (Å²) in [4.78, 5) is 26.4. The molecule has 1 atom stereocenters. The number of hydrogen-bond acceptors (Lipinski definition) is 4. The molecule has 1 heterocycles. The van der Waals surface area contributed by atoms with Gasteiger partial charge < -0.3 is 10.2 Å². The van der Waals surface area contributed by atoms with Gasteiger partial charge in [-0.05, 0) is 43.5 Å². The van der Waals surface area contributed by atoms with Crippen LogP contribution in [0.1, 0.15) is 52.9 Å². The van der Waals surface area contributed by atoms with E-state index in [2.05, 4.69) is 12.2 Å². The summed E-state index contributed by atoms with van der Waals surface area (Å²) < 4.78 is 27.2. The average molecular weight is 424 g/mol. The molecule has 1 saturated heterocycles. The summed E-state index contributed by atoms with van der Waals surface area (Å²) in [6, 6.07) is 6.40. The van der Waals surface area contributed by atoms with Crippen molar-refractivity contribution < 1.29 is 18.0 Å². The highest BCUT2D eigenvalue weighted by Gasteiger charge is 2.35. The van der Waals surface area contributed by atoms with E-state index >= 15 is 0 Å². The van der Waals surface area contributed by atoms with E-state index in [1.807, 2.05) is 13.8 Å². The van der Waals surface area contributed by atoms with Gasteiger partial charge in [0.05, 0.1) is 10.8 Å². The minimum atomic E-state index is -3.55. The second kappa shape index (κ2) is 10.7. The Hall–Kier alpha value is -1.93. The van der Waals surface area contributed by atoms with E-state index in [0.717, 1.165) is 25.7 Å². The number of amides is 2. The Balaban J connectivity index is 2.09. The molecule has 1 aromatic carbocycles. The number of nitrogens with zero attached hydrogens (tertiary/aromatic N) is 2. The van der Waals surface area contributed by atoms with Crippen LogP contribution in [-0.2, 0) is 19.6 Å². The first-order chi connectivity index (χ1) is 13.8. The van der Waals surface area contributed by atoms with Crippen molar-refractivity contribution in [2.24, 2.45) is 5.92 Å². The minimum Gasteiger partial charge on any atom is -0.356 e. The van der Waals surface area contributed by atoms with E-state index in [1.54, 1.807) is 29.2 Å². The lowest BCUT2D eigenvalue weighted by Crippen LogP contribution is -2.33. The molecule has 162 valence electrons. The summed E-state index contributed by atoms with van der Waals surface area (Å²) >= 11 is 0. The van der Waals surface area contributed by atoms with Crippen LogP contribution in [0.5, 0.6) is 0 Å². The fraction of sp³-hybridized carbons (Fsp3) is 0.619. The number of rotatable bonds is 11. The van der Waals surface area contributed by atoms with Crippen molar-refractivity contribution in [3.63, 3.8) is 0 Å². The van der Waals surface area contributed by atoms with Crippen LogP contribution < -0.4 is 10.2 Å². The van der Waals surface area contributed by atoms with Gasteiger partial charge in [0.15, 0.2) is 0 Å². The number of hydrogen-bond donors (Lipinski definition) is 1. The van der Waals surface area contributed by atoms with Crippen LogP contribution in [0.25, 0.3) is 0 Å². The molecule has 1 aliphatic heterocycles. The van der Waals surface area contributed by atoms with E-state index < -0.39 is 10.0 Å². The van der Waals surface area contributed by atoms with E-state index in [4.69, 9.17) is 0 Å². The lowest BCUT2D eigenvalue weighted by Gasteiger charge is -2.22. The summed E-state index contributed by atoms with van der Waals surface area (Å²) in [5.74, 6) is -0.578. The maximum absolute atomic E-state index is 12.9. The summed E-state index contributed by atoms with van der Waals surface area (Å²) in [5.41, 5.74) is 0.621. The largest absolute Gasteiger partial charge is 0.356 e. The molecule has 0 radical (unpaired) electrons. The Bertz CT molecular complexity index is 787. The zero-order valence-corrected chi connectivity index (χ0v) is 18.5. The molecule has 0 saturated carbocycles. The Morgan fingerprint density at radius 3 is 2.28 bits per heavy atom. The summed E-state index contributed by atoms with van der Waals surface area (Å²) in [6.45, 7) is 7.87. The van der Waals surface area contributed by atoms with Crippen LogP contribution in [-0.4, -0.2) is 50.7 Å². The van der Waals surface area contributed by atoms with Gasteiger partial charge in [0.2, 0.25) is 21.8 Å². The van der Waals surface area contributed by atoms with Crippen molar-refractivity contribution in [1.29, 1.82) is 0 Å². The van der Waals surface area contributed by atoms with Crippen LogP contribution in [0, 0.1) is 5.92 Å². The van der Waals surface area contributed by atoms with Crippen LogP contribution in [0.15, 0.2) is 29.2 Å². The number of nitrogens with one attached hydrogen (secondary N) is 1. The third-order valence-electron chi connectivity index (χ3n) is 5.06. The third kappa shape index (κ3) is 5.79. The van der Waals surface area contributed by atoms with Gasteiger partial charge in [0, 0.05) is 38.3 Å². The lowest BCUT2D eigenvalue weighted by atomic mass is 10.1. The predicted octanol–water partition coefficient (Wildman–Crippen LogP) is 2.77. The first-order valence-electron chi connectivity index (χ1n) is 10.5. The summed E-state index contributed by atoms with van der Waals surface area (Å²) in [7, 11) is -3.55. The van der Waals surface area contributed by atoms with E-state index in [1.165, 1.54) is 4.31 Å². The van der Waals surface area contributed by atoms with Crippen molar-refractivity contribution >= 4 is 27.5 Å². The molecular weight excluding hydrogens is 390 g/mol. The predicted molar refractivity (Wildman–Crippen MR) is 114 cm³/mol. The molecule has 0 aromatic heterocycles. The first kappa shape index (κ1) is 23.3. The summed E-state index contributed by atoms with van der Waals surface area (Å²) in [6.07, 6.45) is 3.60. The molecule has 1 fully saturated rings. The van der Waals surface area contributed by atoms with Gasteiger partial charge in [0.25, 0.3) is 0 Å². The molecule has 0 unspecified atom stereocenters. The highest BCUT2D eigenvalue weighted by molar-refractivity contribution is 7.89. The Morgan fingerprint density at radius 1 is 1.10 bits per heavy atom. The Labute approximate surface area is 174 Å². The molecule has 1 N–H and O–H groups in total. The molecule has 0 aliphatic carbocycles. The highest BCUT2D eigenvalue weighted by atomic mass is 32.2. The number of carbonyl (C=O) groups is 2. The van der Waals surface area contributed by atoms with Crippen LogP contribution in [0.4, 0.5) is 5.69 Å². The normalized spacial score (nSPS) is 17.2. The third-order valence-corrected chi connectivity index (χ3v) is 6.97. The number of carbonyl (C=O) groups excluding carboxylic acids is 2. The molecule has 1 aromatic rings. The van der Waals surface area contributed by atoms with Crippen molar-refractivity contribution in [3.8, 4) is 0 Å². The van der Waals surface area contributed by atoms with Gasteiger partial charge in [-0.1, -0.05) is 27.2 Å². The maximum atomic E-state index is 12.9. The number of unbranched alkanes of at least 4 members (excludes halogenated alkanes) is 1. The molecular formula is C21H33N3O4S. The molecule has 2 amide bonds. The fourth-order valence-electron chi connectivity index (χ4n) is 3.46. The van der Waals surface area contributed by atoms with Gasteiger partial charge in [-0.25, -0.2) is 8.42 Å². The first-order valence-corrected chi connectivity index (χ1v) is 12.0. The molecule has 0 bridgehead atoms. The van der Waals surface area contributed by atoms with Crippen molar-refractivity contribution in [1.82, 2.24) is 9.62 Å². The van der Waals surface area contributed by atoms with Crippen LogP contribution >= 0.6 is 0 Å². The van der Waals surface area contributed by atoms with Gasteiger partial charge in [-0.3, -0.25) is 9.59 Å². The molecule has 0 spiro atoms. The Kier molecular flexibility index (Phi) is 8.64. The van der Waals surface area contributed by atoms with Crippen molar-refractivity contribution in [2.75, 3.05) is 31.1 Å².